The average molecular weight is 235 g/mol. The van der Waals surface area contributed by atoms with Crippen LogP contribution in [0, 0.1) is 6.92 Å². The first-order chi connectivity index (χ1) is 8.06. The van der Waals surface area contributed by atoms with Crippen LogP contribution in [0.15, 0.2) is 12.1 Å². The van der Waals surface area contributed by atoms with Gasteiger partial charge in [0.05, 0.1) is 5.69 Å². The lowest BCUT2D eigenvalue weighted by atomic mass is 10.2. The fourth-order valence-corrected chi connectivity index (χ4v) is 2.20. The number of aryl methyl sites for hydroxylation is 1. The van der Waals surface area contributed by atoms with Crippen LogP contribution in [0.25, 0.3) is 0 Å². The summed E-state index contributed by atoms with van der Waals surface area (Å²) in [6, 6.07) is 4.14. The second-order valence-electron chi connectivity index (χ2n) is 4.98. The molecule has 4 nitrogen and oxygen atoms in total. The van der Waals surface area contributed by atoms with Gasteiger partial charge in [-0.1, -0.05) is 0 Å². The van der Waals surface area contributed by atoms with E-state index in [4.69, 9.17) is 0 Å². The third-order valence-corrected chi connectivity index (χ3v) is 3.51. The standard InChI is InChI=1S/C13H21N3O/c1-10-4-5-13(17)12(14-10)9-16-7-6-15(3)11(2)8-16/h4-5,11,17H,6-9H2,1-3H3. The molecule has 0 aliphatic carbocycles. The molecule has 0 aromatic carbocycles. The van der Waals surface area contributed by atoms with Crippen LogP contribution in [0.5, 0.6) is 5.75 Å². The molecule has 4 heteroatoms. The molecule has 1 fully saturated rings. The van der Waals surface area contributed by atoms with Crippen LogP contribution < -0.4 is 0 Å². The summed E-state index contributed by atoms with van der Waals surface area (Å²) in [5.41, 5.74) is 1.75. The third kappa shape index (κ3) is 2.96. The summed E-state index contributed by atoms with van der Waals surface area (Å²) in [4.78, 5) is 9.12. The molecule has 0 amide bonds. The van der Waals surface area contributed by atoms with Crippen molar-refractivity contribution in [2.24, 2.45) is 0 Å². The number of rotatable bonds is 2. The monoisotopic (exact) mass is 235 g/mol. The van der Waals surface area contributed by atoms with Crippen molar-refractivity contribution < 1.29 is 5.11 Å². The van der Waals surface area contributed by atoms with Gasteiger partial charge in [0.1, 0.15) is 5.75 Å². The largest absolute Gasteiger partial charge is 0.506 e. The fraction of sp³-hybridized carbons (Fsp3) is 0.615. The van der Waals surface area contributed by atoms with Gasteiger partial charge in [-0.15, -0.1) is 0 Å². The predicted molar refractivity (Wildman–Crippen MR) is 68.0 cm³/mol. The van der Waals surface area contributed by atoms with Gasteiger partial charge in [0.15, 0.2) is 0 Å². The second kappa shape index (κ2) is 5.02. The van der Waals surface area contributed by atoms with Crippen molar-refractivity contribution in [3.63, 3.8) is 0 Å². The Morgan fingerprint density at radius 2 is 2.18 bits per heavy atom. The van der Waals surface area contributed by atoms with Crippen molar-refractivity contribution >= 4 is 0 Å². The SMILES string of the molecule is Cc1ccc(O)c(CN2CCN(C)C(C)C2)n1. The normalized spacial score (nSPS) is 22.9. The molecule has 17 heavy (non-hydrogen) atoms. The Labute approximate surface area is 103 Å². The first-order valence-corrected chi connectivity index (χ1v) is 6.14. The number of aromatic hydroxyl groups is 1. The maximum absolute atomic E-state index is 9.78. The van der Waals surface area contributed by atoms with Gasteiger partial charge >= 0.3 is 0 Å². The van der Waals surface area contributed by atoms with Gasteiger partial charge in [-0.2, -0.15) is 0 Å². The van der Waals surface area contributed by atoms with E-state index in [-0.39, 0.29) is 0 Å². The average Bonchev–Trinajstić information content (AvgIpc) is 2.29. The van der Waals surface area contributed by atoms with Gasteiger partial charge in [-0.3, -0.25) is 9.88 Å². The summed E-state index contributed by atoms with van der Waals surface area (Å²) in [5, 5.41) is 9.78. The number of aromatic nitrogens is 1. The zero-order valence-corrected chi connectivity index (χ0v) is 10.8. The highest BCUT2D eigenvalue weighted by atomic mass is 16.3. The smallest absolute Gasteiger partial charge is 0.138 e. The Hall–Kier alpha value is -1.13. The van der Waals surface area contributed by atoms with E-state index in [2.05, 4.69) is 28.8 Å². The highest BCUT2D eigenvalue weighted by Gasteiger charge is 2.21. The van der Waals surface area contributed by atoms with Crippen LogP contribution in [-0.2, 0) is 6.54 Å². The number of nitrogens with zero attached hydrogens (tertiary/aromatic N) is 3. The Balaban J connectivity index is 2.03. The minimum absolute atomic E-state index is 0.308. The number of hydrogen-bond donors (Lipinski definition) is 1. The van der Waals surface area contributed by atoms with Crippen molar-refractivity contribution in [1.82, 2.24) is 14.8 Å². The van der Waals surface area contributed by atoms with E-state index < -0.39 is 0 Å². The molecule has 1 unspecified atom stereocenters. The van der Waals surface area contributed by atoms with E-state index in [1.54, 1.807) is 6.07 Å². The summed E-state index contributed by atoms with van der Waals surface area (Å²) in [6.07, 6.45) is 0. The molecule has 1 N–H and O–H groups in total. The Morgan fingerprint density at radius 3 is 2.88 bits per heavy atom. The van der Waals surface area contributed by atoms with Crippen LogP contribution in [0.4, 0.5) is 0 Å². The zero-order chi connectivity index (χ0) is 12.4. The summed E-state index contributed by atoms with van der Waals surface area (Å²) >= 11 is 0. The Morgan fingerprint density at radius 1 is 1.41 bits per heavy atom. The first-order valence-electron chi connectivity index (χ1n) is 6.14. The Bertz CT molecular complexity index is 394. The van der Waals surface area contributed by atoms with E-state index in [1.807, 2.05) is 13.0 Å². The molecule has 1 aliphatic heterocycles. The van der Waals surface area contributed by atoms with Gasteiger partial charge in [0.25, 0.3) is 0 Å². The number of likely N-dealkylation sites (N-methyl/N-ethyl adjacent to an activating group) is 1. The van der Waals surface area contributed by atoms with E-state index >= 15 is 0 Å². The summed E-state index contributed by atoms with van der Waals surface area (Å²) in [6.45, 7) is 8.08. The molecule has 1 aromatic rings. The third-order valence-electron chi connectivity index (χ3n) is 3.51. The summed E-state index contributed by atoms with van der Waals surface area (Å²) < 4.78 is 0. The van der Waals surface area contributed by atoms with Crippen molar-refractivity contribution in [2.75, 3.05) is 26.7 Å². The molecular formula is C13H21N3O. The van der Waals surface area contributed by atoms with Gasteiger partial charge < -0.3 is 10.0 Å². The molecule has 1 aromatic heterocycles. The molecule has 2 rings (SSSR count). The molecule has 1 atom stereocenters. The summed E-state index contributed by atoms with van der Waals surface area (Å²) in [7, 11) is 2.16. The van der Waals surface area contributed by atoms with Crippen molar-refractivity contribution in [3.8, 4) is 5.75 Å². The minimum atomic E-state index is 0.308. The van der Waals surface area contributed by atoms with Crippen molar-refractivity contribution in [1.29, 1.82) is 0 Å². The highest BCUT2D eigenvalue weighted by molar-refractivity contribution is 5.27. The molecule has 0 saturated carbocycles. The molecule has 1 aliphatic rings. The van der Waals surface area contributed by atoms with Crippen LogP contribution in [0.1, 0.15) is 18.3 Å². The molecule has 0 radical (unpaired) electrons. The second-order valence-corrected chi connectivity index (χ2v) is 4.98. The molecule has 2 heterocycles. The van der Waals surface area contributed by atoms with Gasteiger partial charge in [-0.05, 0) is 33.0 Å². The topological polar surface area (TPSA) is 39.6 Å². The van der Waals surface area contributed by atoms with Gasteiger partial charge in [0, 0.05) is 37.9 Å². The van der Waals surface area contributed by atoms with Crippen LogP contribution in [0.3, 0.4) is 0 Å². The fourth-order valence-electron chi connectivity index (χ4n) is 2.20. The van der Waals surface area contributed by atoms with E-state index in [9.17, 15) is 5.11 Å². The van der Waals surface area contributed by atoms with E-state index in [0.717, 1.165) is 37.6 Å². The minimum Gasteiger partial charge on any atom is -0.506 e. The molecule has 0 bridgehead atoms. The summed E-state index contributed by atoms with van der Waals surface area (Å²) in [5.74, 6) is 0.308. The van der Waals surface area contributed by atoms with Crippen molar-refractivity contribution in [3.05, 3.63) is 23.5 Å². The lowest BCUT2D eigenvalue weighted by Crippen LogP contribution is -2.49. The maximum atomic E-state index is 9.78. The van der Waals surface area contributed by atoms with Crippen LogP contribution >= 0.6 is 0 Å². The lowest BCUT2D eigenvalue weighted by molar-refractivity contribution is 0.0983. The molecule has 94 valence electrons. The molecule has 0 spiro atoms. The zero-order valence-electron chi connectivity index (χ0n) is 10.8. The molecular weight excluding hydrogens is 214 g/mol. The van der Waals surface area contributed by atoms with Gasteiger partial charge in [-0.25, -0.2) is 0 Å². The van der Waals surface area contributed by atoms with E-state index in [0.29, 0.717) is 11.8 Å². The number of hydrogen-bond acceptors (Lipinski definition) is 4. The number of pyridine rings is 1. The quantitative estimate of drug-likeness (QED) is 0.837. The van der Waals surface area contributed by atoms with Gasteiger partial charge in [0.2, 0.25) is 0 Å². The highest BCUT2D eigenvalue weighted by Crippen LogP contribution is 2.18. The van der Waals surface area contributed by atoms with E-state index in [1.165, 1.54) is 0 Å². The Kier molecular flexibility index (Phi) is 3.64. The lowest BCUT2D eigenvalue weighted by Gasteiger charge is -2.37. The first kappa shape index (κ1) is 12.3. The van der Waals surface area contributed by atoms with Crippen molar-refractivity contribution in [2.45, 2.75) is 26.4 Å². The van der Waals surface area contributed by atoms with Crippen LogP contribution in [-0.4, -0.2) is 52.6 Å². The maximum Gasteiger partial charge on any atom is 0.138 e. The number of piperazine rings is 1. The van der Waals surface area contributed by atoms with Crippen LogP contribution in [0.2, 0.25) is 0 Å². The predicted octanol–water partition coefficient (Wildman–Crippen LogP) is 1.23. The molecule has 1 saturated heterocycles.